The molecule has 0 unspecified atom stereocenters. The van der Waals surface area contributed by atoms with Crippen molar-refractivity contribution in [2.45, 2.75) is 258 Å². The fraction of sp³-hybridized carbons (Fsp3) is 0.667. The summed E-state index contributed by atoms with van der Waals surface area (Å²) in [7, 11) is 0. The lowest BCUT2D eigenvalue weighted by atomic mass is 10.1. The van der Waals surface area contributed by atoms with Gasteiger partial charge in [-0.05, 0) is 128 Å². The zero-order valence-corrected chi connectivity index (χ0v) is 44.8. The topological polar surface area (TPSA) is 78.9 Å². The highest BCUT2D eigenvalue weighted by molar-refractivity contribution is 5.71. The average molecular weight is 958 g/mol. The summed E-state index contributed by atoms with van der Waals surface area (Å²) >= 11 is 0. The Bertz CT molecular complexity index is 1420. The minimum Gasteiger partial charge on any atom is -0.462 e. The molecule has 0 radical (unpaired) electrons. The molecule has 392 valence electrons. The number of esters is 3. The number of carbonyl (C=O) groups is 3. The first-order valence-electron chi connectivity index (χ1n) is 28.4. The molecule has 69 heavy (non-hydrogen) atoms. The van der Waals surface area contributed by atoms with Gasteiger partial charge >= 0.3 is 17.9 Å². The van der Waals surface area contributed by atoms with E-state index in [1.54, 1.807) is 0 Å². The predicted molar refractivity (Wildman–Crippen MR) is 297 cm³/mol. The predicted octanol–water partition coefficient (Wildman–Crippen LogP) is 19.1. The lowest BCUT2D eigenvalue weighted by Crippen LogP contribution is -2.30. The van der Waals surface area contributed by atoms with Gasteiger partial charge in [-0.25, -0.2) is 0 Å². The van der Waals surface area contributed by atoms with Crippen LogP contribution in [0.5, 0.6) is 0 Å². The first-order chi connectivity index (χ1) is 34.0. The summed E-state index contributed by atoms with van der Waals surface area (Å²) in [6.07, 6.45) is 76.5. The lowest BCUT2D eigenvalue weighted by molar-refractivity contribution is -0.167. The van der Waals surface area contributed by atoms with Crippen LogP contribution in [0, 0.1) is 0 Å². The van der Waals surface area contributed by atoms with Crippen molar-refractivity contribution in [3.05, 3.63) is 109 Å². The van der Waals surface area contributed by atoms with Crippen LogP contribution in [0.1, 0.15) is 252 Å². The normalized spacial score (nSPS) is 12.9. The Morgan fingerprint density at radius 2 is 0.536 bits per heavy atom. The Morgan fingerprint density at radius 3 is 0.899 bits per heavy atom. The molecule has 6 nitrogen and oxygen atoms in total. The van der Waals surface area contributed by atoms with Crippen LogP contribution in [0.15, 0.2) is 109 Å². The number of rotatable bonds is 50. The number of hydrogen-bond acceptors (Lipinski definition) is 6. The van der Waals surface area contributed by atoms with E-state index in [1.807, 2.05) is 0 Å². The molecule has 0 rings (SSSR count). The third kappa shape index (κ3) is 54.9. The van der Waals surface area contributed by atoms with Gasteiger partial charge in [0.25, 0.3) is 0 Å². The van der Waals surface area contributed by atoms with Crippen LogP contribution in [0.2, 0.25) is 0 Å². The van der Waals surface area contributed by atoms with Crippen molar-refractivity contribution in [2.75, 3.05) is 13.2 Å². The van der Waals surface area contributed by atoms with Crippen LogP contribution < -0.4 is 0 Å². The highest BCUT2D eigenvalue weighted by atomic mass is 16.6. The van der Waals surface area contributed by atoms with Gasteiger partial charge in [0.2, 0.25) is 0 Å². The summed E-state index contributed by atoms with van der Waals surface area (Å²) in [6.45, 7) is 6.49. The van der Waals surface area contributed by atoms with Crippen LogP contribution >= 0.6 is 0 Å². The second-order valence-electron chi connectivity index (χ2n) is 18.5. The molecule has 1 atom stereocenters. The van der Waals surface area contributed by atoms with Crippen molar-refractivity contribution in [1.29, 1.82) is 0 Å². The third-order valence-electron chi connectivity index (χ3n) is 11.7. The van der Waals surface area contributed by atoms with Crippen molar-refractivity contribution >= 4 is 17.9 Å². The van der Waals surface area contributed by atoms with Crippen molar-refractivity contribution in [3.63, 3.8) is 0 Å². The van der Waals surface area contributed by atoms with Crippen LogP contribution in [0.3, 0.4) is 0 Å². The molecule has 0 bridgehead atoms. The van der Waals surface area contributed by atoms with Gasteiger partial charge in [-0.2, -0.15) is 0 Å². The molecule has 0 aliphatic rings. The highest BCUT2D eigenvalue weighted by Gasteiger charge is 2.19. The molecule has 0 aliphatic heterocycles. The molecule has 0 fully saturated rings. The molecule has 0 saturated heterocycles. The van der Waals surface area contributed by atoms with Gasteiger partial charge in [-0.3, -0.25) is 14.4 Å². The largest absolute Gasteiger partial charge is 0.462 e. The maximum Gasteiger partial charge on any atom is 0.306 e. The van der Waals surface area contributed by atoms with Gasteiger partial charge in [0.05, 0.1) is 0 Å². The molecule has 0 saturated carbocycles. The number of unbranched alkanes of at least 4 members (excludes halogenated alkanes) is 21. The maximum absolute atomic E-state index is 12.8. The van der Waals surface area contributed by atoms with E-state index >= 15 is 0 Å². The fourth-order valence-corrected chi connectivity index (χ4v) is 7.41. The highest BCUT2D eigenvalue weighted by Crippen LogP contribution is 2.12. The molecule has 0 spiro atoms. The van der Waals surface area contributed by atoms with Crippen molar-refractivity contribution < 1.29 is 28.6 Å². The summed E-state index contributed by atoms with van der Waals surface area (Å²) in [5.74, 6) is -1.01. The number of carbonyl (C=O) groups excluding carboxylic acids is 3. The molecule has 0 aliphatic carbocycles. The van der Waals surface area contributed by atoms with Gasteiger partial charge in [-0.15, -0.1) is 0 Å². The molecule has 6 heteroatoms. The third-order valence-corrected chi connectivity index (χ3v) is 11.7. The molecule has 0 aromatic heterocycles. The van der Waals surface area contributed by atoms with Gasteiger partial charge in [0, 0.05) is 19.3 Å². The van der Waals surface area contributed by atoms with Gasteiger partial charge in [0.15, 0.2) is 6.10 Å². The van der Waals surface area contributed by atoms with E-state index in [1.165, 1.54) is 96.3 Å². The summed E-state index contributed by atoms with van der Waals surface area (Å²) < 4.78 is 16.8. The fourth-order valence-electron chi connectivity index (χ4n) is 7.41. The summed E-state index contributed by atoms with van der Waals surface area (Å²) in [5.41, 5.74) is 0. The van der Waals surface area contributed by atoms with E-state index in [9.17, 15) is 14.4 Å². The molecule has 0 N–H and O–H groups in total. The summed E-state index contributed by atoms with van der Waals surface area (Å²) in [6, 6.07) is 0. The second kappa shape index (κ2) is 56.7. The van der Waals surface area contributed by atoms with E-state index < -0.39 is 6.10 Å². The minimum absolute atomic E-state index is 0.116. The zero-order valence-electron chi connectivity index (χ0n) is 44.8. The molecule has 0 aromatic carbocycles. The average Bonchev–Trinajstić information content (AvgIpc) is 3.35. The van der Waals surface area contributed by atoms with Crippen LogP contribution in [0.25, 0.3) is 0 Å². The number of ether oxygens (including phenoxy) is 3. The van der Waals surface area contributed by atoms with E-state index in [2.05, 4.69) is 130 Å². The Morgan fingerprint density at radius 1 is 0.290 bits per heavy atom. The maximum atomic E-state index is 12.8. The lowest BCUT2D eigenvalue weighted by Gasteiger charge is -2.18. The smallest absolute Gasteiger partial charge is 0.306 e. The van der Waals surface area contributed by atoms with Gasteiger partial charge in [-0.1, -0.05) is 214 Å². The second-order valence-corrected chi connectivity index (χ2v) is 18.5. The molecular weight excluding hydrogens is 853 g/mol. The van der Waals surface area contributed by atoms with Crippen molar-refractivity contribution in [1.82, 2.24) is 0 Å². The van der Waals surface area contributed by atoms with Gasteiger partial charge in [0.1, 0.15) is 13.2 Å². The molecule has 0 heterocycles. The van der Waals surface area contributed by atoms with Gasteiger partial charge < -0.3 is 14.2 Å². The number of allylic oxidation sites excluding steroid dienone is 18. The first kappa shape index (κ1) is 65.1. The Labute approximate surface area is 425 Å². The van der Waals surface area contributed by atoms with Crippen LogP contribution in [0.4, 0.5) is 0 Å². The summed E-state index contributed by atoms with van der Waals surface area (Å²) in [5, 5.41) is 0. The van der Waals surface area contributed by atoms with Crippen LogP contribution in [-0.2, 0) is 28.6 Å². The zero-order chi connectivity index (χ0) is 50.0. The van der Waals surface area contributed by atoms with Crippen molar-refractivity contribution in [3.8, 4) is 0 Å². The van der Waals surface area contributed by atoms with E-state index in [0.717, 1.165) is 109 Å². The summed E-state index contributed by atoms with van der Waals surface area (Å²) in [4.78, 5) is 38.1. The monoisotopic (exact) mass is 957 g/mol. The SMILES string of the molecule is CCCCC/C=C\C/C=C\C/C=C\CCCCCCC(=O)OC[C@H](COC(=O)CCC/C=C\C/C=C\C/C=C\CCCCCCCC)OC(=O)CCCCCC/C=C\C/C=C\C/C=C\CCCCC. The first-order valence-corrected chi connectivity index (χ1v) is 28.4. The molecular formula is C63H104O6. The Hall–Kier alpha value is -3.93. The van der Waals surface area contributed by atoms with E-state index in [0.29, 0.717) is 12.8 Å². The Balaban J connectivity index is 4.56. The minimum atomic E-state index is -0.822. The van der Waals surface area contributed by atoms with E-state index in [-0.39, 0.29) is 44.0 Å². The van der Waals surface area contributed by atoms with E-state index in [4.69, 9.17) is 14.2 Å². The number of hydrogen-bond donors (Lipinski definition) is 0. The Kier molecular flexibility index (Phi) is 53.4. The molecule has 0 aromatic rings. The quantitative estimate of drug-likeness (QED) is 0.0262. The van der Waals surface area contributed by atoms with Crippen LogP contribution in [-0.4, -0.2) is 37.2 Å². The van der Waals surface area contributed by atoms with Crippen molar-refractivity contribution in [2.24, 2.45) is 0 Å². The standard InChI is InChI=1S/C63H104O6/c1-4-7-10-13-16-19-22-25-28-31-34-37-40-43-46-49-52-55-61(64)67-58-60(69-63(66)57-54-51-48-45-42-39-36-33-30-27-24-21-18-15-12-9-6-3)59-68-62(65)56-53-50-47-44-41-38-35-32-29-26-23-20-17-14-11-8-5-2/h16,18-19,21,25-30,34-39,44,47,60H,4-15,17,20,22-24,31-33,40-43,45-46,48-59H2,1-3H3/b19-16-,21-18-,28-25-,29-26-,30-27-,37-34-,38-35-,39-36-,47-44-/t60-/m1/s1. The molecule has 0 amide bonds.